The molecule has 1 fully saturated rings. The maximum atomic E-state index is 5.81. The molecule has 1 aliphatic rings. The molecule has 1 aromatic rings. The molecule has 0 bridgehead atoms. The molecule has 0 spiro atoms. The van der Waals surface area contributed by atoms with Gasteiger partial charge in [-0.3, -0.25) is 0 Å². The molecular formula is C13H20BrN3. The minimum Gasteiger partial charge on any atom is -0.354 e. The van der Waals surface area contributed by atoms with Gasteiger partial charge >= 0.3 is 0 Å². The topological polar surface area (TPSA) is 42.2 Å². The Hall–Kier alpha value is -0.610. The normalized spacial score (nSPS) is 25.1. The third-order valence-corrected chi connectivity index (χ3v) is 3.97. The van der Waals surface area contributed by atoms with Crippen LogP contribution < -0.4 is 10.6 Å². The van der Waals surface area contributed by atoms with Crippen LogP contribution in [0.4, 0.5) is 5.82 Å². The molecule has 2 heterocycles. The lowest BCUT2D eigenvalue weighted by Gasteiger charge is -2.38. The lowest BCUT2D eigenvalue weighted by Crippen LogP contribution is -2.41. The minimum atomic E-state index is 0.542. The fourth-order valence-corrected chi connectivity index (χ4v) is 2.98. The van der Waals surface area contributed by atoms with E-state index in [2.05, 4.69) is 45.7 Å². The molecule has 4 heteroatoms. The van der Waals surface area contributed by atoms with Crippen molar-refractivity contribution >= 4 is 21.7 Å². The SMILES string of the molecule is CC1CCN(c2ncc(Br)cc2CN)C(C)C1. The molecule has 2 N–H and O–H groups in total. The molecule has 2 atom stereocenters. The summed E-state index contributed by atoms with van der Waals surface area (Å²) in [4.78, 5) is 6.94. The first kappa shape index (κ1) is 12.8. The molecule has 1 saturated heterocycles. The summed E-state index contributed by atoms with van der Waals surface area (Å²) < 4.78 is 1.000. The van der Waals surface area contributed by atoms with Crippen LogP contribution in [0.3, 0.4) is 0 Å². The van der Waals surface area contributed by atoms with Crippen LogP contribution in [0.2, 0.25) is 0 Å². The highest BCUT2D eigenvalue weighted by atomic mass is 79.9. The quantitative estimate of drug-likeness (QED) is 0.913. The maximum absolute atomic E-state index is 5.81. The van der Waals surface area contributed by atoms with Gasteiger partial charge in [0.15, 0.2) is 0 Å². The Labute approximate surface area is 112 Å². The van der Waals surface area contributed by atoms with Crippen molar-refractivity contribution in [1.82, 2.24) is 4.98 Å². The highest BCUT2D eigenvalue weighted by Crippen LogP contribution is 2.29. The Morgan fingerprint density at radius 2 is 2.29 bits per heavy atom. The van der Waals surface area contributed by atoms with E-state index in [0.717, 1.165) is 28.3 Å². The van der Waals surface area contributed by atoms with Crippen LogP contribution in [0.5, 0.6) is 0 Å². The van der Waals surface area contributed by atoms with Gasteiger partial charge in [0, 0.05) is 35.4 Å². The fourth-order valence-electron chi connectivity index (χ4n) is 2.60. The monoisotopic (exact) mass is 297 g/mol. The minimum absolute atomic E-state index is 0.542. The molecule has 17 heavy (non-hydrogen) atoms. The summed E-state index contributed by atoms with van der Waals surface area (Å²) in [6, 6.07) is 2.63. The number of rotatable bonds is 2. The van der Waals surface area contributed by atoms with E-state index in [1.807, 2.05) is 6.20 Å². The molecule has 0 aliphatic carbocycles. The van der Waals surface area contributed by atoms with Crippen LogP contribution in [0.25, 0.3) is 0 Å². The van der Waals surface area contributed by atoms with Gasteiger partial charge in [0.2, 0.25) is 0 Å². The van der Waals surface area contributed by atoms with E-state index in [0.29, 0.717) is 12.6 Å². The molecule has 0 amide bonds. The first-order valence-electron chi connectivity index (χ1n) is 6.23. The lowest BCUT2D eigenvalue weighted by molar-refractivity contribution is 0.375. The van der Waals surface area contributed by atoms with Crippen LogP contribution in [0.1, 0.15) is 32.3 Å². The van der Waals surface area contributed by atoms with Gasteiger partial charge < -0.3 is 10.6 Å². The Balaban J connectivity index is 2.27. The Bertz CT molecular complexity index is 394. The van der Waals surface area contributed by atoms with Crippen molar-refractivity contribution in [2.75, 3.05) is 11.4 Å². The van der Waals surface area contributed by atoms with Gasteiger partial charge in [-0.25, -0.2) is 4.98 Å². The number of piperidine rings is 1. The van der Waals surface area contributed by atoms with E-state index < -0.39 is 0 Å². The Morgan fingerprint density at radius 3 is 2.94 bits per heavy atom. The molecule has 0 saturated carbocycles. The van der Waals surface area contributed by atoms with Crippen molar-refractivity contribution in [3.05, 3.63) is 22.3 Å². The standard InChI is InChI=1S/C13H20BrN3/c1-9-3-4-17(10(2)5-9)13-11(7-15)6-12(14)8-16-13/h6,8-10H,3-5,7,15H2,1-2H3. The molecule has 3 nitrogen and oxygen atoms in total. The summed E-state index contributed by atoms with van der Waals surface area (Å²) in [6.07, 6.45) is 4.34. The summed E-state index contributed by atoms with van der Waals surface area (Å²) in [5.41, 5.74) is 6.94. The molecule has 2 rings (SSSR count). The highest BCUT2D eigenvalue weighted by Gasteiger charge is 2.25. The molecule has 94 valence electrons. The summed E-state index contributed by atoms with van der Waals surface area (Å²) >= 11 is 3.45. The zero-order valence-electron chi connectivity index (χ0n) is 10.5. The van der Waals surface area contributed by atoms with E-state index in [1.54, 1.807) is 0 Å². The molecular weight excluding hydrogens is 278 g/mol. The van der Waals surface area contributed by atoms with Crippen LogP contribution in [0.15, 0.2) is 16.7 Å². The summed E-state index contributed by atoms with van der Waals surface area (Å²) in [7, 11) is 0. The second-order valence-electron chi connectivity index (χ2n) is 5.01. The number of nitrogens with two attached hydrogens (primary N) is 1. The van der Waals surface area contributed by atoms with Crippen molar-refractivity contribution in [3.8, 4) is 0 Å². The number of anilines is 1. The number of aromatic nitrogens is 1. The first-order valence-corrected chi connectivity index (χ1v) is 7.02. The Morgan fingerprint density at radius 1 is 1.53 bits per heavy atom. The van der Waals surface area contributed by atoms with Gasteiger partial charge in [0.05, 0.1) is 0 Å². The van der Waals surface area contributed by atoms with Gasteiger partial charge in [0.1, 0.15) is 5.82 Å². The number of nitrogens with zero attached hydrogens (tertiary/aromatic N) is 2. The van der Waals surface area contributed by atoms with Crippen LogP contribution >= 0.6 is 15.9 Å². The van der Waals surface area contributed by atoms with E-state index in [-0.39, 0.29) is 0 Å². The van der Waals surface area contributed by atoms with Crippen LogP contribution in [0, 0.1) is 5.92 Å². The summed E-state index contributed by atoms with van der Waals surface area (Å²) in [6.45, 7) is 6.23. The van der Waals surface area contributed by atoms with Crippen molar-refractivity contribution in [2.45, 2.75) is 39.3 Å². The first-order chi connectivity index (χ1) is 8.11. The maximum Gasteiger partial charge on any atom is 0.133 e. The number of halogens is 1. The largest absolute Gasteiger partial charge is 0.354 e. The van der Waals surface area contributed by atoms with Crippen molar-refractivity contribution < 1.29 is 0 Å². The Kier molecular flexibility index (Phi) is 4.05. The van der Waals surface area contributed by atoms with Crippen LogP contribution in [-0.2, 0) is 6.54 Å². The highest BCUT2D eigenvalue weighted by molar-refractivity contribution is 9.10. The fraction of sp³-hybridized carbons (Fsp3) is 0.615. The zero-order valence-corrected chi connectivity index (χ0v) is 12.1. The summed E-state index contributed by atoms with van der Waals surface area (Å²) in [5.74, 6) is 1.88. The average molecular weight is 298 g/mol. The van der Waals surface area contributed by atoms with Gasteiger partial charge in [-0.15, -0.1) is 0 Å². The second kappa shape index (κ2) is 5.36. The van der Waals surface area contributed by atoms with E-state index in [9.17, 15) is 0 Å². The van der Waals surface area contributed by atoms with E-state index >= 15 is 0 Å². The van der Waals surface area contributed by atoms with Crippen molar-refractivity contribution in [1.29, 1.82) is 0 Å². The third kappa shape index (κ3) is 2.80. The number of hydrogen-bond donors (Lipinski definition) is 1. The predicted octanol–water partition coefficient (Wildman–Crippen LogP) is 2.93. The smallest absolute Gasteiger partial charge is 0.133 e. The average Bonchev–Trinajstić information content (AvgIpc) is 2.30. The van der Waals surface area contributed by atoms with Crippen molar-refractivity contribution in [3.63, 3.8) is 0 Å². The van der Waals surface area contributed by atoms with Gasteiger partial charge in [0.25, 0.3) is 0 Å². The predicted molar refractivity (Wildman–Crippen MR) is 75.0 cm³/mol. The number of pyridine rings is 1. The number of hydrogen-bond acceptors (Lipinski definition) is 3. The van der Waals surface area contributed by atoms with Gasteiger partial charge in [-0.1, -0.05) is 6.92 Å². The second-order valence-corrected chi connectivity index (χ2v) is 5.93. The molecule has 2 unspecified atom stereocenters. The van der Waals surface area contributed by atoms with E-state index in [4.69, 9.17) is 5.73 Å². The molecule has 0 radical (unpaired) electrons. The zero-order chi connectivity index (χ0) is 12.4. The van der Waals surface area contributed by atoms with Gasteiger partial charge in [-0.05, 0) is 47.7 Å². The summed E-state index contributed by atoms with van der Waals surface area (Å²) in [5, 5.41) is 0. The molecule has 1 aliphatic heterocycles. The molecule has 0 aromatic carbocycles. The van der Waals surface area contributed by atoms with Crippen LogP contribution in [-0.4, -0.2) is 17.6 Å². The van der Waals surface area contributed by atoms with Crippen molar-refractivity contribution in [2.24, 2.45) is 11.7 Å². The molecule has 1 aromatic heterocycles. The van der Waals surface area contributed by atoms with E-state index in [1.165, 1.54) is 12.8 Å². The van der Waals surface area contributed by atoms with Gasteiger partial charge in [-0.2, -0.15) is 0 Å². The lowest BCUT2D eigenvalue weighted by atomic mass is 9.93. The third-order valence-electron chi connectivity index (χ3n) is 3.54.